The number of aliphatic hydroxyl groups excluding tert-OH is 1. The van der Waals surface area contributed by atoms with Crippen LogP contribution in [0.4, 0.5) is 0 Å². The SMILES string of the molecule is Cc1cc(C)cc(-n2nnc(CO)c2Cc2cccs2)c1. The number of hydrogen-bond acceptors (Lipinski definition) is 4. The lowest BCUT2D eigenvalue weighted by atomic mass is 10.1. The quantitative estimate of drug-likeness (QED) is 0.805. The van der Waals surface area contributed by atoms with Crippen LogP contribution in [0.25, 0.3) is 5.69 Å². The van der Waals surface area contributed by atoms with Crippen LogP contribution in [-0.2, 0) is 13.0 Å². The van der Waals surface area contributed by atoms with E-state index >= 15 is 0 Å². The van der Waals surface area contributed by atoms with Gasteiger partial charge in [0, 0.05) is 11.3 Å². The minimum Gasteiger partial charge on any atom is -0.390 e. The molecule has 21 heavy (non-hydrogen) atoms. The molecule has 0 aliphatic rings. The topological polar surface area (TPSA) is 50.9 Å². The maximum Gasteiger partial charge on any atom is 0.112 e. The second-order valence-electron chi connectivity index (χ2n) is 5.15. The molecular formula is C16H17N3OS. The molecule has 0 atom stereocenters. The first-order valence-electron chi connectivity index (χ1n) is 6.82. The Bertz CT molecular complexity index is 727. The summed E-state index contributed by atoms with van der Waals surface area (Å²) in [5.74, 6) is 0. The van der Waals surface area contributed by atoms with E-state index in [9.17, 15) is 5.11 Å². The summed E-state index contributed by atoms with van der Waals surface area (Å²) in [6, 6.07) is 10.4. The van der Waals surface area contributed by atoms with Crippen LogP contribution in [0.1, 0.15) is 27.4 Å². The monoisotopic (exact) mass is 299 g/mol. The van der Waals surface area contributed by atoms with Gasteiger partial charge in [0.05, 0.1) is 18.0 Å². The van der Waals surface area contributed by atoms with Crippen LogP contribution in [0, 0.1) is 13.8 Å². The summed E-state index contributed by atoms with van der Waals surface area (Å²) >= 11 is 1.70. The van der Waals surface area contributed by atoms with E-state index in [-0.39, 0.29) is 6.61 Å². The molecule has 5 heteroatoms. The molecule has 0 amide bonds. The number of aliphatic hydroxyl groups is 1. The second-order valence-corrected chi connectivity index (χ2v) is 6.19. The van der Waals surface area contributed by atoms with Crippen molar-refractivity contribution in [1.29, 1.82) is 0 Å². The van der Waals surface area contributed by atoms with Crippen molar-refractivity contribution in [3.8, 4) is 5.69 Å². The normalized spacial score (nSPS) is 11.0. The highest BCUT2D eigenvalue weighted by molar-refractivity contribution is 7.09. The van der Waals surface area contributed by atoms with E-state index < -0.39 is 0 Å². The van der Waals surface area contributed by atoms with Crippen LogP contribution >= 0.6 is 11.3 Å². The van der Waals surface area contributed by atoms with Gasteiger partial charge in [-0.15, -0.1) is 16.4 Å². The van der Waals surface area contributed by atoms with Gasteiger partial charge in [-0.25, -0.2) is 4.68 Å². The highest BCUT2D eigenvalue weighted by atomic mass is 32.1. The summed E-state index contributed by atoms with van der Waals surface area (Å²) in [6.45, 7) is 4.05. The maximum atomic E-state index is 9.50. The smallest absolute Gasteiger partial charge is 0.112 e. The molecule has 4 nitrogen and oxygen atoms in total. The Balaban J connectivity index is 2.07. The van der Waals surface area contributed by atoms with Crippen LogP contribution in [0.2, 0.25) is 0 Å². The van der Waals surface area contributed by atoms with Crippen molar-refractivity contribution in [2.24, 2.45) is 0 Å². The molecule has 108 valence electrons. The Labute approximate surface area is 127 Å². The molecule has 1 aromatic carbocycles. The third-order valence-electron chi connectivity index (χ3n) is 3.37. The summed E-state index contributed by atoms with van der Waals surface area (Å²) in [5, 5.41) is 19.9. The molecule has 3 rings (SSSR count). The van der Waals surface area contributed by atoms with Gasteiger partial charge in [0.2, 0.25) is 0 Å². The highest BCUT2D eigenvalue weighted by Gasteiger charge is 2.15. The van der Waals surface area contributed by atoms with Crippen molar-refractivity contribution in [2.75, 3.05) is 0 Å². The zero-order valence-electron chi connectivity index (χ0n) is 12.1. The fraction of sp³-hybridized carbons (Fsp3) is 0.250. The van der Waals surface area contributed by atoms with Gasteiger partial charge < -0.3 is 5.11 Å². The lowest BCUT2D eigenvalue weighted by Gasteiger charge is -2.09. The number of aryl methyl sites for hydroxylation is 2. The summed E-state index contributed by atoms with van der Waals surface area (Å²) in [7, 11) is 0. The molecule has 0 saturated heterocycles. The minimum absolute atomic E-state index is 0.0918. The molecule has 0 fully saturated rings. The highest BCUT2D eigenvalue weighted by Crippen LogP contribution is 2.21. The number of thiophene rings is 1. The van der Waals surface area contributed by atoms with Crippen molar-refractivity contribution < 1.29 is 5.11 Å². The minimum atomic E-state index is -0.0918. The predicted molar refractivity (Wildman–Crippen MR) is 83.9 cm³/mol. The van der Waals surface area contributed by atoms with Crippen molar-refractivity contribution in [3.63, 3.8) is 0 Å². The molecule has 0 aliphatic carbocycles. The molecule has 2 heterocycles. The van der Waals surface area contributed by atoms with Crippen molar-refractivity contribution >= 4 is 11.3 Å². The lowest BCUT2D eigenvalue weighted by Crippen LogP contribution is -2.05. The Hall–Kier alpha value is -1.98. The Morgan fingerprint density at radius 2 is 1.95 bits per heavy atom. The van der Waals surface area contributed by atoms with Gasteiger partial charge in [0.15, 0.2) is 0 Å². The molecule has 1 N–H and O–H groups in total. The molecule has 0 aliphatic heterocycles. The Kier molecular flexibility index (Phi) is 3.86. The van der Waals surface area contributed by atoms with Crippen molar-refractivity contribution in [1.82, 2.24) is 15.0 Å². The summed E-state index contributed by atoms with van der Waals surface area (Å²) in [5.41, 5.74) is 4.96. The Morgan fingerprint density at radius 3 is 2.57 bits per heavy atom. The first kappa shape index (κ1) is 14.0. The van der Waals surface area contributed by atoms with Crippen LogP contribution in [0.5, 0.6) is 0 Å². The van der Waals surface area contributed by atoms with Crippen LogP contribution < -0.4 is 0 Å². The number of benzene rings is 1. The third-order valence-corrected chi connectivity index (χ3v) is 4.24. The van der Waals surface area contributed by atoms with Gasteiger partial charge in [-0.1, -0.05) is 17.3 Å². The second kappa shape index (κ2) is 5.79. The molecule has 3 aromatic rings. The average Bonchev–Trinajstić information content (AvgIpc) is 3.07. The zero-order valence-corrected chi connectivity index (χ0v) is 12.9. The van der Waals surface area contributed by atoms with Crippen molar-refractivity contribution in [2.45, 2.75) is 26.9 Å². The van der Waals surface area contributed by atoms with Crippen molar-refractivity contribution in [3.05, 3.63) is 63.1 Å². The molecule has 0 bridgehead atoms. The number of nitrogens with zero attached hydrogens (tertiary/aromatic N) is 3. The van der Waals surface area contributed by atoms with Gasteiger partial charge >= 0.3 is 0 Å². The molecule has 0 spiro atoms. The maximum absolute atomic E-state index is 9.50. The Morgan fingerprint density at radius 1 is 1.19 bits per heavy atom. The van der Waals surface area contributed by atoms with Crippen LogP contribution in [-0.4, -0.2) is 20.1 Å². The van der Waals surface area contributed by atoms with E-state index in [0.29, 0.717) is 5.69 Å². The van der Waals surface area contributed by atoms with Gasteiger partial charge in [-0.05, 0) is 48.6 Å². The average molecular weight is 299 g/mol. The lowest BCUT2D eigenvalue weighted by molar-refractivity contribution is 0.275. The van der Waals surface area contributed by atoms with Gasteiger partial charge in [-0.3, -0.25) is 0 Å². The molecule has 0 saturated carbocycles. The van der Waals surface area contributed by atoms with Crippen LogP contribution in [0.3, 0.4) is 0 Å². The predicted octanol–water partition coefficient (Wildman–Crippen LogP) is 3.03. The molecule has 2 aromatic heterocycles. The first-order valence-corrected chi connectivity index (χ1v) is 7.70. The number of rotatable bonds is 4. The summed E-state index contributed by atoms with van der Waals surface area (Å²) in [6.07, 6.45) is 0.730. The summed E-state index contributed by atoms with van der Waals surface area (Å²) in [4.78, 5) is 1.23. The van der Waals surface area contributed by atoms with Gasteiger partial charge in [0.25, 0.3) is 0 Å². The standard InChI is InChI=1S/C16H17N3OS/c1-11-6-12(2)8-13(7-11)19-16(15(10-20)17-18-19)9-14-4-3-5-21-14/h3-8,20H,9-10H2,1-2H3. The van der Waals surface area contributed by atoms with E-state index in [1.807, 2.05) is 10.7 Å². The van der Waals surface area contributed by atoms with E-state index in [4.69, 9.17) is 0 Å². The van der Waals surface area contributed by atoms with E-state index in [0.717, 1.165) is 17.8 Å². The first-order chi connectivity index (χ1) is 10.2. The van der Waals surface area contributed by atoms with Crippen LogP contribution in [0.15, 0.2) is 35.7 Å². The molecular weight excluding hydrogens is 282 g/mol. The fourth-order valence-corrected chi connectivity index (χ4v) is 3.20. The number of hydrogen-bond donors (Lipinski definition) is 1. The largest absolute Gasteiger partial charge is 0.390 e. The van der Waals surface area contributed by atoms with E-state index in [1.165, 1.54) is 16.0 Å². The molecule has 0 radical (unpaired) electrons. The van der Waals surface area contributed by atoms with E-state index in [2.05, 4.69) is 53.8 Å². The van der Waals surface area contributed by atoms with Gasteiger partial charge in [0.1, 0.15) is 5.69 Å². The summed E-state index contributed by atoms with van der Waals surface area (Å²) < 4.78 is 1.84. The number of aromatic nitrogens is 3. The van der Waals surface area contributed by atoms with Gasteiger partial charge in [-0.2, -0.15) is 0 Å². The van der Waals surface area contributed by atoms with E-state index in [1.54, 1.807) is 11.3 Å². The zero-order chi connectivity index (χ0) is 14.8. The third kappa shape index (κ3) is 2.89. The molecule has 0 unspecified atom stereocenters. The fourth-order valence-electron chi connectivity index (χ4n) is 2.49.